The fraction of sp³-hybridized carbons (Fsp3) is 0.632. The summed E-state index contributed by atoms with van der Waals surface area (Å²) < 4.78 is 0. The SMILES string of the molecule is CN(C)C(c1ccccc1)N(C=O)C1CC(C)(C)NC(C)(C)C1. The molecule has 0 radical (unpaired) electrons. The van der Waals surface area contributed by atoms with Gasteiger partial charge in [0.1, 0.15) is 6.17 Å². The molecule has 2 rings (SSSR count). The first-order valence-corrected chi connectivity index (χ1v) is 8.39. The number of carbonyl (C=O) groups is 1. The van der Waals surface area contributed by atoms with E-state index in [2.05, 4.69) is 50.0 Å². The molecule has 1 fully saturated rings. The third-order valence-electron chi connectivity index (χ3n) is 4.58. The van der Waals surface area contributed by atoms with Gasteiger partial charge in [-0.25, -0.2) is 0 Å². The molecule has 128 valence electrons. The molecule has 0 aliphatic carbocycles. The van der Waals surface area contributed by atoms with Crippen molar-refractivity contribution in [2.24, 2.45) is 0 Å². The zero-order valence-corrected chi connectivity index (χ0v) is 15.3. The van der Waals surface area contributed by atoms with Crippen LogP contribution >= 0.6 is 0 Å². The van der Waals surface area contributed by atoms with Crippen molar-refractivity contribution in [3.63, 3.8) is 0 Å². The third kappa shape index (κ3) is 4.33. The fourth-order valence-electron chi connectivity index (χ4n) is 4.18. The van der Waals surface area contributed by atoms with Crippen LogP contribution in [0.25, 0.3) is 0 Å². The third-order valence-corrected chi connectivity index (χ3v) is 4.58. The van der Waals surface area contributed by atoms with E-state index in [1.807, 2.05) is 37.2 Å². The predicted octanol–water partition coefficient (Wildman–Crippen LogP) is 3.01. The molecule has 1 atom stereocenters. The summed E-state index contributed by atoms with van der Waals surface area (Å²) in [5.74, 6) is 0. The average Bonchev–Trinajstić information content (AvgIpc) is 2.41. The van der Waals surface area contributed by atoms with Gasteiger partial charge >= 0.3 is 0 Å². The Balaban J connectivity index is 2.34. The molecule has 1 aromatic rings. The number of hydrogen-bond acceptors (Lipinski definition) is 3. The number of amides is 1. The van der Waals surface area contributed by atoms with Crippen LogP contribution in [0.1, 0.15) is 52.3 Å². The lowest BCUT2D eigenvalue weighted by Crippen LogP contribution is -2.62. The highest BCUT2D eigenvalue weighted by Gasteiger charge is 2.41. The minimum absolute atomic E-state index is 0.0151. The van der Waals surface area contributed by atoms with E-state index in [4.69, 9.17) is 0 Å². The van der Waals surface area contributed by atoms with Crippen molar-refractivity contribution >= 4 is 6.41 Å². The predicted molar refractivity (Wildman–Crippen MR) is 95.1 cm³/mol. The van der Waals surface area contributed by atoms with Crippen LogP contribution in [0.4, 0.5) is 0 Å². The molecule has 1 saturated heterocycles. The molecule has 0 aromatic heterocycles. The average molecular weight is 317 g/mol. The van der Waals surface area contributed by atoms with Gasteiger partial charge in [0.05, 0.1) is 0 Å². The highest BCUT2D eigenvalue weighted by molar-refractivity contribution is 5.50. The van der Waals surface area contributed by atoms with Crippen molar-refractivity contribution in [2.45, 2.75) is 63.8 Å². The van der Waals surface area contributed by atoms with Gasteiger partial charge in [-0.05, 0) is 60.2 Å². The van der Waals surface area contributed by atoms with Gasteiger partial charge in [-0.2, -0.15) is 0 Å². The van der Waals surface area contributed by atoms with E-state index in [-0.39, 0.29) is 23.3 Å². The second-order valence-corrected chi connectivity index (χ2v) is 8.26. The van der Waals surface area contributed by atoms with Crippen LogP contribution in [0.15, 0.2) is 30.3 Å². The molecule has 1 aliphatic heterocycles. The first kappa shape index (κ1) is 18.0. The normalized spacial score (nSPS) is 21.9. The summed E-state index contributed by atoms with van der Waals surface area (Å²) in [6.07, 6.45) is 2.89. The van der Waals surface area contributed by atoms with Crippen LogP contribution < -0.4 is 5.32 Å². The number of piperidine rings is 1. The number of hydrogen-bond donors (Lipinski definition) is 1. The number of nitrogens with zero attached hydrogens (tertiary/aromatic N) is 2. The van der Waals surface area contributed by atoms with E-state index < -0.39 is 0 Å². The summed E-state index contributed by atoms with van der Waals surface area (Å²) >= 11 is 0. The van der Waals surface area contributed by atoms with Gasteiger partial charge in [-0.1, -0.05) is 30.3 Å². The molecule has 1 N–H and O–H groups in total. The molecular weight excluding hydrogens is 286 g/mol. The van der Waals surface area contributed by atoms with Gasteiger partial charge in [-0.15, -0.1) is 0 Å². The highest BCUT2D eigenvalue weighted by atomic mass is 16.1. The Hall–Kier alpha value is -1.39. The molecule has 1 aromatic carbocycles. The van der Waals surface area contributed by atoms with Crippen molar-refractivity contribution in [1.29, 1.82) is 0 Å². The lowest BCUT2D eigenvalue weighted by molar-refractivity contribution is -0.129. The zero-order chi connectivity index (χ0) is 17.3. The van der Waals surface area contributed by atoms with E-state index >= 15 is 0 Å². The molecule has 0 saturated carbocycles. The van der Waals surface area contributed by atoms with Gasteiger partial charge in [0.15, 0.2) is 0 Å². The maximum atomic E-state index is 12.0. The summed E-state index contributed by atoms with van der Waals surface area (Å²) in [6.45, 7) is 8.88. The van der Waals surface area contributed by atoms with Crippen molar-refractivity contribution in [3.8, 4) is 0 Å². The topological polar surface area (TPSA) is 35.6 Å². The smallest absolute Gasteiger partial charge is 0.211 e. The van der Waals surface area contributed by atoms with E-state index in [0.29, 0.717) is 0 Å². The molecule has 0 spiro atoms. The zero-order valence-electron chi connectivity index (χ0n) is 15.3. The van der Waals surface area contributed by atoms with E-state index in [1.54, 1.807) is 0 Å². The summed E-state index contributed by atoms with van der Waals surface area (Å²) in [4.78, 5) is 16.1. The Kier molecular flexibility index (Phi) is 5.17. The van der Waals surface area contributed by atoms with Gasteiger partial charge in [0.2, 0.25) is 6.41 Å². The standard InChI is InChI=1S/C19H31N3O/c1-18(2)12-16(13-19(3,4)20-18)22(14-23)17(21(5)6)15-10-8-7-9-11-15/h7-11,14,16-17,20H,12-13H2,1-6H3. The molecule has 1 unspecified atom stereocenters. The van der Waals surface area contributed by atoms with E-state index in [1.165, 1.54) is 0 Å². The summed E-state index contributed by atoms with van der Waals surface area (Å²) in [5, 5.41) is 3.69. The minimum Gasteiger partial charge on any atom is -0.322 e. The first-order chi connectivity index (χ1) is 10.7. The van der Waals surface area contributed by atoms with E-state index in [0.717, 1.165) is 24.8 Å². The Morgan fingerprint density at radius 1 is 1.09 bits per heavy atom. The fourth-order valence-corrected chi connectivity index (χ4v) is 4.18. The van der Waals surface area contributed by atoms with Crippen molar-refractivity contribution in [1.82, 2.24) is 15.1 Å². The van der Waals surface area contributed by atoms with Crippen molar-refractivity contribution in [3.05, 3.63) is 35.9 Å². The van der Waals surface area contributed by atoms with Crippen LogP contribution in [0.5, 0.6) is 0 Å². The Morgan fingerprint density at radius 3 is 2.04 bits per heavy atom. The number of carbonyl (C=O) groups excluding carboxylic acids is 1. The molecular formula is C19H31N3O. The molecule has 4 heteroatoms. The lowest BCUT2D eigenvalue weighted by Gasteiger charge is -2.51. The molecule has 23 heavy (non-hydrogen) atoms. The van der Waals surface area contributed by atoms with Crippen molar-refractivity contribution in [2.75, 3.05) is 14.1 Å². The van der Waals surface area contributed by atoms with Gasteiger partial charge in [-0.3, -0.25) is 9.69 Å². The van der Waals surface area contributed by atoms with Crippen LogP contribution in [-0.4, -0.2) is 47.4 Å². The highest BCUT2D eigenvalue weighted by Crippen LogP contribution is 2.35. The minimum atomic E-state index is -0.0385. The van der Waals surface area contributed by atoms with Crippen LogP contribution in [0.3, 0.4) is 0 Å². The van der Waals surface area contributed by atoms with Crippen LogP contribution in [0, 0.1) is 0 Å². The molecule has 1 aliphatic rings. The Morgan fingerprint density at radius 2 is 1.61 bits per heavy atom. The van der Waals surface area contributed by atoms with Crippen LogP contribution in [0.2, 0.25) is 0 Å². The lowest BCUT2D eigenvalue weighted by atomic mass is 9.79. The summed E-state index contributed by atoms with van der Waals surface area (Å²) in [7, 11) is 4.07. The van der Waals surface area contributed by atoms with E-state index in [9.17, 15) is 4.79 Å². The van der Waals surface area contributed by atoms with Crippen molar-refractivity contribution < 1.29 is 4.79 Å². The largest absolute Gasteiger partial charge is 0.322 e. The maximum absolute atomic E-state index is 12.0. The number of benzene rings is 1. The second kappa shape index (κ2) is 6.62. The monoisotopic (exact) mass is 317 g/mol. The molecule has 1 amide bonds. The summed E-state index contributed by atoms with van der Waals surface area (Å²) in [5.41, 5.74) is 1.18. The molecule has 1 heterocycles. The Bertz CT molecular complexity index is 509. The molecule has 4 nitrogen and oxygen atoms in total. The number of rotatable bonds is 5. The molecule has 0 bridgehead atoms. The van der Waals surface area contributed by atoms with Gasteiger partial charge in [0, 0.05) is 17.1 Å². The van der Waals surface area contributed by atoms with Crippen LogP contribution in [-0.2, 0) is 4.79 Å². The maximum Gasteiger partial charge on any atom is 0.211 e. The van der Waals surface area contributed by atoms with Gasteiger partial charge < -0.3 is 10.2 Å². The quantitative estimate of drug-likeness (QED) is 0.670. The Labute approximate surface area is 140 Å². The number of nitrogens with one attached hydrogen (secondary N) is 1. The summed E-state index contributed by atoms with van der Waals surface area (Å²) in [6, 6.07) is 10.5. The first-order valence-electron chi connectivity index (χ1n) is 8.39. The van der Waals surface area contributed by atoms with Gasteiger partial charge in [0.25, 0.3) is 0 Å². The second-order valence-electron chi connectivity index (χ2n) is 8.26.